The molecule has 4 heterocycles. The Morgan fingerprint density at radius 3 is 2.91 bits per heavy atom. The number of fused-ring (bicyclic) bond motifs is 2. The summed E-state index contributed by atoms with van der Waals surface area (Å²) in [6.45, 7) is 0.164. The summed E-state index contributed by atoms with van der Waals surface area (Å²) in [6, 6.07) is 13.2. The van der Waals surface area contributed by atoms with E-state index in [1.165, 1.54) is 28.9 Å². The van der Waals surface area contributed by atoms with Gasteiger partial charge in [0, 0.05) is 18.6 Å². The summed E-state index contributed by atoms with van der Waals surface area (Å²) in [5.41, 5.74) is 2.63. The van der Waals surface area contributed by atoms with Gasteiger partial charge in [-0.3, -0.25) is 14.9 Å². The second-order valence-electron chi connectivity index (χ2n) is 7.88. The maximum atomic E-state index is 13.3. The van der Waals surface area contributed by atoms with Gasteiger partial charge in [0.15, 0.2) is 16.7 Å². The molecule has 1 amide bonds. The van der Waals surface area contributed by atoms with Gasteiger partial charge in [0.2, 0.25) is 6.79 Å². The number of nitro benzene ring substituents is 1. The first-order chi connectivity index (χ1) is 17.0. The quantitative estimate of drug-likeness (QED) is 0.240. The number of rotatable bonds is 6. The third kappa shape index (κ3) is 3.97. The average molecular weight is 491 g/mol. The molecule has 0 saturated carbocycles. The number of nitrogens with zero attached hydrogens (tertiary/aromatic N) is 4. The molecule has 2 aromatic heterocycles. The molecule has 1 N–H and O–H groups in total. The van der Waals surface area contributed by atoms with Crippen molar-refractivity contribution in [3.05, 3.63) is 76.2 Å². The minimum atomic E-state index is -0.463. The fraction of sp³-hybridized carbons (Fsp3) is 0.174. The predicted octanol–water partition coefficient (Wildman–Crippen LogP) is 4.26. The van der Waals surface area contributed by atoms with Gasteiger partial charge in [0.05, 0.1) is 34.0 Å². The molecular weight excluding hydrogens is 474 g/mol. The number of carbonyl (C=O) groups excluding carboxylic acids is 1. The number of hydrogen-bond acceptors (Lipinski definition) is 9. The second-order valence-corrected chi connectivity index (χ2v) is 8.85. The minimum absolute atomic E-state index is 0.0304. The molecule has 2 aliphatic heterocycles. The Labute approximate surface area is 201 Å². The molecule has 35 heavy (non-hydrogen) atoms. The number of benzene rings is 2. The molecule has 0 radical (unpaired) electrons. The number of aromatic amines is 1. The monoisotopic (exact) mass is 491 g/mol. The van der Waals surface area contributed by atoms with E-state index in [1.807, 2.05) is 24.3 Å². The van der Waals surface area contributed by atoms with Crippen LogP contribution in [0.4, 0.5) is 5.69 Å². The van der Waals surface area contributed by atoms with Crippen LogP contribution < -0.4 is 9.47 Å². The fourth-order valence-corrected chi connectivity index (χ4v) is 4.80. The average Bonchev–Trinajstić information content (AvgIpc) is 3.66. The predicted molar refractivity (Wildman–Crippen MR) is 125 cm³/mol. The van der Waals surface area contributed by atoms with Crippen molar-refractivity contribution >= 4 is 40.1 Å². The van der Waals surface area contributed by atoms with Crippen molar-refractivity contribution in [2.24, 2.45) is 5.10 Å². The molecular formula is C23H17N5O6S. The zero-order valence-corrected chi connectivity index (χ0v) is 18.9. The zero-order chi connectivity index (χ0) is 23.9. The van der Waals surface area contributed by atoms with Crippen molar-refractivity contribution in [1.29, 1.82) is 0 Å². The van der Waals surface area contributed by atoms with Gasteiger partial charge in [0.1, 0.15) is 11.5 Å². The SMILES string of the molecule is O=C(CSc1nc2ccc([N+](=O)[O-])cc2[nH]1)N1N=C(c2ccco2)C[C@@H]1c1ccc2c(c1)OCO2. The summed E-state index contributed by atoms with van der Waals surface area (Å²) in [6.07, 6.45) is 2.05. The van der Waals surface area contributed by atoms with E-state index in [2.05, 4.69) is 15.1 Å². The molecule has 12 heteroatoms. The van der Waals surface area contributed by atoms with E-state index in [9.17, 15) is 14.9 Å². The number of nitro groups is 1. The summed E-state index contributed by atoms with van der Waals surface area (Å²) in [5, 5.41) is 17.6. The van der Waals surface area contributed by atoms with Crippen LogP contribution in [-0.2, 0) is 4.79 Å². The summed E-state index contributed by atoms with van der Waals surface area (Å²) in [7, 11) is 0. The van der Waals surface area contributed by atoms with Crippen LogP contribution in [0.25, 0.3) is 11.0 Å². The van der Waals surface area contributed by atoms with Crippen molar-refractivity contribution in [1.82, 2.24) is 15.0 Å². The highest BCUT2D eigenvalue weighted by Crippen LogP contribution is 2.39. The smallest absolute Gasteiger partial charge is 0.271 e. The lowest BCUT2D eigenvalue weighted by atomic mass is 10.0. The lowest BCUT2D eigenvalue weighted by Gasteiger charge is -2.22. The topological polar surface area (TPSA) is 136 Å². The van der Waals surface area contributed by atoms with Crippen molar-refractivity contribution in [3.8, 4) is 11.5 Å². The highest BCUT2D eigenvalue weighted by molar-refractivity contribution is 7.99. The van der Waals surface area contributed by atoms with Gasteiger partial charge in [-0.1, -0.05) is 17.8 Å². The van der Waals surface area contributed by atoms with Crippen LogP contribution in [0.5, 0.6) is 11.5 Å². The van der Waals surface area contributed by atoms with Gasteiger partial charge in [-0.2, -0.15) is 5.10 Å². The van der Waals surface area contributed by atoms with E-state index < -0.39 is 4.92 Å². The fourth-order valence-electron chi connectivity index (χ4n) is 4.06. The highest BCUT2D eigenvalue weighted by atomic mass is 32.2. The number of amides is 1. The first-order valence-electron chi connectivity index (χ1n) is 10.6. The molecule has 176 valence electrons. The van der Waals surface area contributed by atoms with Gasteiger partial charge in [-0.05, 0) is 35.9 Å². The molecule has 0 aliphatic carbocycles. The van der Waals surface area contributed by atoms with Gasteiger partial charge >= 0.3 is 0 Å². The van der Waals surface area contributed by atoms with E-state index in [0.717, 1.165) is 5.56 Å². The Morgan fingerprint density at radius 1 is 1.20 bits per heavy atom. The number of nitrogens with one attached hydrogen (secondary N) is 1. The van der Waals surface area contributed by atoms with E-state index in [0.29, 0.717) is 45.6 Å². The summed E-state index contributed by atoms with van der Waals surface area (Å²) >= 11 is 1.21. The Balaban J connectivity index is 1.24. The first kappa shape index (κ1) is 21.2. The first-order valence-corrected chi connectivity index (χ1v) is 11.6. The van der Waals surface area contributed by atoms with Crippen LogP contribution >= 0.6 is 11.8 Å². The Morgan fingerprint density at radius 2 is 2.09 bits per heavy atom. The van der Waals surface area contributed by atoms with Crippen molar-refractivity contribution in [2.75, 3.05) is 12.5 Å². The Hall–Kier alpha value is -4.32. The summed E-state index contributed by atoms with van der Waals surface area (Å²) in [5.74, 6) is 1.76. The Bertz CT molecular complexity index is 1480. The zero-order valence-electron chi connectivity index (χ0n) is 18.0. The number of thioether (sulfide) groups is 1. The van der Waals surface area contributed by atoms with Crippen LogP contribution in [0.15, 0.2) is 69.5 Å². The molecule has 0 saturated heterocycles. The largest absolute Gasteiger partial charge is 0.463 e. The highest BCUT2D eigenvalue weighted by Gasteiger charge is 2.35. The normalized spacial score (nSPS) is 16.6. The number of imidazole rings is 1. The third-order valence-electron chi connectivity index (χ3n) is 5.74. The number of non-ortho nitro benzene ring substituents is 1. The van der Waals surface area contributed by atoms with Crippen LogP contribution in [0.1, 0.15) is 23.8 Å². The molecule has 11 nitrogen and oxygen atoms in total. The molecule has 2 aliphatic rings. The Kier molecular flexibility index (Phi) is 5.14. The van der Waals surface area contributed by atoms with Crippen LogP contribution in [0, 0.1) is 10.1 Å². The molecule has 0 unspecified atom stereocenters. The van der Waals surface area contributed by atoms with Gasteiger partial charge in [-0.25, -0.2) is 9.99 Å². The standard InChI is InChI=1S/C23H17N5O6S/c29-22(11-35-23-24-15-5-4-14(28(30)31)9-16(15)25-23)27-18(10-17(26-27)19-2-1-7-32-19)13-3-6-20-21(8-13)34-12-33-20/h1-9,18H,10-12H2,(H,24,25)/t18-/m1/s1. The number of ether oxygens (including phenoxy) is 2. The number of H-pyrrole nitrogens is 1. The van der Waals surface area contributed by atoms with Crippen molar-refractivity contribution < 1.29 is 23.6 Å². The lowest BCUT2D eigenvalue weighted by Crippen LogP contribution is -2.28. The molecule has 0 bridgehead atoms. The van der Waals surface area contributed by atoms with Gasteiger partial charge in [-0.15, -0.1) is 0 Å². The molecule has 1 atom stereocenters. The maximum Gasteiger partial charge on any atom is 0.271 e. The van der Waals surface area contributed by atoms with Crippen LogP contribution in [0.3, 0.4) is 0 Å². The maximum absolute atomic E-state index is 13.3. The number of carbonyl (C=O) groups is 1. The third-order valence-corrected chi connectivity index (χ3v) is 6.60. The summed E-state index contributed by atoms with van der Waals surface area (Å²) < 4.78 is 16.4. The van der Waals surface area contributed by atoms with E-state index in [4.69, 9.17) is 13.9 Å². The second kappa shape index (κ2) is 8.47. The van der Waals surface area contributed by atoms with Gasteiger partial charge < -0.3 is 18.9 Å². The molecule has 0 fully saturated rings. The lowest BCUT2D eigenvalue weighted by molar-refractivity contribution is -0.384. The van der Waals surface area contributed by atoms with E-state index in [1.54, 1.807) is 18.4 Å². The minimum Gasteiger partial charge on any atom is -0.463 e. The molecule has 4 aromatic rings. The van der Waals surface area contributed by atoms with Gasteiger partial charge in [0.25, 0.3) is 11.6 Å². The molecule has 0 spiro atoms. The van der Waals surface area contributed by atoms with E-state index >= 15 is 0 Å². The van der Waals surface area contributed by atoms with Crippen molar-refractivity contribution in [2.45, 2.75) is 17.6 Å². The van der Waals surface area contributed by atoms with Crippen molar-refractivity contribution in [3.63, 3.8) is 0 Å². The van der Waals surface area contributed by atoms with E-state index in [-0.39, 0.29) is 30.2 Å². The number of aromatic nitrogens is 2. The van der Waals surface area contributed by atoms with Crippen LogP contribution in [-0.4, -0.2) is 44.1 Å². The number of furan rings is 1. The molecule has 2 aromatic carbocycles. The summed E-state index contributed by atoms with van der Waals surface area (Å²) in [4.78, 5) is 31.3. The number of hydrogen-bond donors (Lipinski definition) is 1. The van der Waals surface area contributed by atoms with Crippen LogP contribution in [0.2, 0.25) is 0 Å². The number of hydrazone groups is 1. The molecule has 6 rings (SSSR count).